The standard InChI is InChI=1S/C24H24FN7O2/c1-12-14(4-3-5-17(12)26)15-6-13-7-20(28-9-16(13)24(27)23(15)25)29-21-8-18-19(33)10-31(2)22(34)11-32(18)30-21/h3-9,19,33H,10-11,26-27H2,1-2H3,(H,28,29,30). The van der Waals surface area contributed by atoms with Gasteiger partial charge in [-0.25, -0.2) is 9.37 Å². The van der Waals surface area contributed by atoms with Crippen LogP contribution in [0, 0.1) is 12.7 Å². The molecular weight excluding hydrogens is 437 g/mol. The Bertz CT molecular complexity index is 1450. The number of likely N-dealkylation sites (N-methyl/N-ethyl adjacent to an activating group) is 1. The molecule has 1 aliphatic heterocycles. The Morgan fingerprint density at radius 3 is 2.76 bits per heavy atom. The van der Waals surface area contributed by atoms with Crippen molar-refractivity contribution < 1.29 is 14.3 Å². The molecule has 1 atom stereocenters. The summed E-state index contributed by atoms with van der Waals surface area (Å²) in [5.41, 5.74) is 15.0. The number of aliphatic hydroxyl groups is 1. The van der Waals surface area contributed by atoms with Crippen LogP contribution < -0.4 is 16.8 Å². The Morgan fingerprint density at radius 2 is 1.97 bits per heavy atom. The van der Waals surface area contributed by atoms with E-state index in [0.717, 1.165) is 5.56 Å². The van der Waals surface area contributed by atoms with E-state index in [-0.39, 0.29) is 24.7 Å². The number of hydrogen-bond donors (Lipinski definition) is 4. The van der Waals surface area contributed by atoms with Crippen molar-refractivity contribution in [1.82, 2.24) is 19.7 Å². The second-order valence-electron chi connectivity index (χ2n) is 8.49. The van der Waals surface area contributed by atoms with Gasteiger partial charge in [-0.05, 0) is 41.6 Å². The molecule has 1 unspecified atom stereocenters. The maximum Gasteiger partial charge on any atom is 0.244 e. The maximum absolute atomic E-state index is 15.2. The number of pyridine rings is 1. The number of aromatic nitrogens is 3. The Labute approximate surface area is 194 Å². The molecule has 0 saturated carbocycles. The second-order valence-corrected chi connectivity index (χ2v) is 8.49. The van der Waals surface area contributed by atoms with Crippen molar-refractivity contribution in [1.29, 1.82) is 0 Å². The van der Waals surface area contributed by atoms with Gasteiger partial charge in [-0.15, -0.1) is 0 Å². The van der Waals surface area contributed by atoms with Crippen molar-refractivity contribution in [2.75, 3.05) is 30.4 Å². The third kappa shape index (κ3) is 3.57. The normalized spacial score (nSPS) is 15.9. The molecule has 174 valence electrons. The van der Waals surface area contributed by atoms with Gasteiger partial charge in [0.25, 0.3) is 0 Å². The van der Waals surface area contributed by atoms with E-state index < -0.39 is 11.9 Å². The molecule has 2 aromatic heterocycles. The molecule has 0 radical (unpaired) electrons. The number of nitrogen functional groups attached to an aromatic ring is 2. The van der Waals surface area contributed by atoms with Gasteiger partial charge < -0.3 is 26.8 Å². The average molecular weight is 462 g/mol. The number of nitrogens with two attached hydrogens (primary N) is 2. The van der Waals surface area contributed by atoms with E-state index in [1.165, 1.54) is 15.8 Å². The number of anilines is 4. The van der Waals surface area contributed by atoms with Gasteiger partial charge in [-0.1, -0.05) is 12.1 Å². The largest absolute Gasteiger partial charge is 0.398 e. The Morgan fingerprint density at radius 1 is 1.18 bits per heavy atom. The molecule has 0 aliphatic carbocycles. The molecule has 2 aromatic carbocycles. The fraction of sp³-hybridized carbons (Fsp3) is 0.208. The van der Waals surface area contributed by atoms with Gasteiger partial charge in [0.05, 0.1) is 17.9 Å². The summed E-state index contributed by atoms with van der Waals surface area (Å²) in [6, 6.07) is 10.5. The molecule has 5 rings (SSSR count). The predicted molar refractivity (Wildman–Crippen MR) is 129 cm³/mol. The van der Waals surface area contributed by atoms with Gasteiger partial charge >= 0.3 is 0 Å². The quantitative estimate of drug-likeness (QED) is 0.345. The lowest BCUT2D eigenvalue weighted by molar-refractivity contribution is -0.131. The molecule has 0 bridgehead atoms. The fourth-order valence-electron chi connectivity index (χ4n) is 4.23. The summed E-state index contributed by atoms with van der Waals surface area (Å²) in [7, 11) is 1.64. The molecule has 34 heavy (non-hydrogen) atoms. The number of halogens is 1. The molecule has 3 heterocycles. The predicted octanol–water partition coefficient (Wildman–Crippen LogP) is 2.96. The number of β-amino-alcohol motifs (C(OH)–C–C–N with tert-alkyl or cyclic N) is 1. The summed E-state index contributed by atoms with van der Waals surface area (Å²) in [5, 5.41) is 19.1. The van der Waals surface area contributed by atoms with Crippen LogP contribution in [0.5, 0.6) is 0 Å². The Balaban J connectivity index is 1.53. The number of benzene rings is 2. The molecule has 0 spiro atoms. The molecule has 6 N–H and O–H groups in total. The highest BCUT2D eigenvalue weighted by atomic mass is 19.1. The Hall–Kier alpha value is -4.18. The molecule has 10 heteroatoms. The minimum Gasteiger partial charge on any atom is -0.398 e. The fourth-order valence-corrected chi connectivity index (χ4v) is 4.23. The van der Waals surface area contributed by atoms with Gasteiger partial charge in [0.2, 0.25) is 5.91 Å². The van der Waals surface area contributed by atoms with Crippen molar-refractivity contribution in [2.24, 2.45) is 0 Å². The van der Waals surface area contributed by atoms with Gasteiger partial charge in [0.15, 0.2) is 11.6 Å². The molecular formula is C24H24FN7O2. The molecule has 4 aromatic rings. The smallest absolute Gasteiger partial charge is 0.244 e. The number of rotatable bonds is 3. The summed E-state index contributed by atoms with van der Waals surface area (Å²) in [6.45, 7) is 2.06. The van der Waals surface area contributed by atoms with Crippen molar-refractivity contribution >= 4 is 39.7 Å². The first-order chi connectivity index (χ1) is 16.2. The van der Waals surface area contributed by atoms with Crippen LogP contribution in [-0.4, -0.2) is 44.3 Å². The summed E-state index contributed by atoms with van der Waals surface area (Å²) in [4.78, 5) is 18.0. The summed E-state index contributed by atoms with van der Waals surface area (Å²) in [5.74, 6) is 0.225. The number of nitrogens with one attached hydrogen (secondary N) is 1. The van der Waals surface area contributed by atoms with Crippen molar-refractivity contribution in [3.8, 4) is 11.1 Å². The van der Waals surface area contributed by atoms with E-state index in [9.17, 15) is 9.90 Å². The van der Waals surface area contributed by atoms with Crippen LogP contribution in [0.3, 0.4) is 0 Å². The van der Waals surface area contributed by atoms with Crippen LogP contribution in [0.4, 0.5) is 27.4 Å². The number of carbonyl (C=O) groups is 1. The number of aliphatic hydroxyl groups excluding tert-OH is 1. The van der Waals surface area contributed by atoms with Gasteiger partial charge in [0, 0.05) is 35.9 Å². The highest BCUT2D eigenvalue weighted by molar-refractivity contribution is 5.98. The zero-order valence-electron chi connectivity index (χ0n) is 18.7. The summed E-state index contributed by atoms with van der Waals surface area (Å²) < 4.78 is 16.6. The molecule has 1 aliphatic rings. The van der Waals surface area contributed by atoms with Crippen LogP contribution in [0.15, 0.2) is 42.6 Å². The molecule has 0 saturated heterocycles. The van der Waals surface area contributed by atoms with Crippen LogP contribution in [-0.2, 0) is 11.3 Å². The number of carbonyl (C=O) groups excluding carboxylic acids is 1. The summed E-state index contributed by atoms with van der Waals surface area (Å²) in [6.07, 6.45) is 0.649. The van der Waals surface area contributed by atoms with E-state index in [1.807, 2.05) is 6.92 Å². The van der Waals surface area contributed by atoms with E-state index in [0.29, 0.717) is 44.9 Å². The first kappa shape index (κ1) is 21.7. The number of amides is 1. The van der Waals surface area contributed by atoms with Crippen LogP contribution in [0.1, 0.15) is 17.4 Å². The lowest BCUT2D eigenvalue weighted by Gasteiger charge is -2.15. The minimum absolute atomic E-state index is 0.00725. The number of hydrogen-bond acceptors (Lipinski definition) is 7. The lowest BCUT2D eigenvalue weighted by atomic mass is 9.95. The highest BCUT2D eigenvalue weighted by Crippen LogP contribution is 2.36. The van der Waals surface area contributed by atoms with Gasteiger partial charge in [-0.3, -0.25) is 9.48 Å². The zero-order chi connectivity index (χ0) is 24.1. The number of fused-ring (bicyclic) bond motifs is 2. The third-order valence-corrected chi connectivity index (χ3v) is 6.23. The van der Waals surface area contributed by atoms with Crippen LogP contribution >= 0.6 is 0 Å². The zero-order valence-corrected chi connectivity index (χ0v) is 18.7. The first-order valence-corrected chi connectivity index (χ1v) is 10.7. The van der Waals surface area contributed by atoms with Crippen LogP contribution in [0.2, 0.25) is 0 Å². The molecule has 9 nitrogen and oxygen atoms in total. The van der Waals surface area contributed by atoms with E-state index in [2.05, 4.69) is 15.4 Å². The minimum atomic E-state index is -0.851. The van der Waals surface area contributed by atoms with Crippen molar-refractivity contribution in [3.05, 3.63) is 59.7 Å². The topological polar surface area (TPSA) is 135 Å². The lowest BCUT2D eigenvalue weighted by Crippen LogP contribution is -2.30. The summed E-state index contributed by atoms with van der Waals surface area (Å²) >= 11 is 0. The van der Waals surface area contributed by atoms with E-state index >= 15 is 4.39 Å². The molecule has 0 fully saturated rings. The molecule has 1 amide bonds. The van der Waals surface area contributed by atoms with E-state index in [1.54, 1.807) is 43.4 Å². The van der Waals surface area contributed by atoms with Crippen molar-refractivity contribution in [3.63, 3.8) is 0 Å². The second kappa shape index (κ2) is 7.99. The first-order valence-electron chi connectivity index (χ1n) is 10.7. The van der Waals surface area contributed by atoms with Crippen LogP contribution in [0.25, 0.3) is 21.9 Å². The SMILES string of the molecule is Cc1c(N)cccc1-c1cc2cc(Nc3cc4n(n3)CC(=O)N(C)CC4O)ncc2c(N)c1F. The van der Waals surface area contributed by atoms with Gasteiger partial charge in [0.1, 0.15) is 18.5 Å². The average Bonchev–Trinajstić information content (AvgIpc) is 3.16. The highest BCUT2D eigenvalue weighted by Gasteiger charge is 2.26. The monoisotopic (exact) mass is 461 g/mol. The van der Waals surface area contributed by atoms with E-state index in [4.69, 9.17) is 11.5 Å². The Kier molecular flexibility index (Phi) is 5.09. The van der Waals surface area contributed by atoms with Gasteiger partial charge in [-0.2, -0.15) is 5.10 Å². The maximum atomic E-state index is 15.2. The third-order valence-electron chi connectivity index (χ3n) is 6.23. The number of nitrogens with zero attached hydrogens (tertiary/aromatic N) is 4. The van der Waals surface area contributed by atoms with Crippen molar-refractivity contribution in [2.45, 2.75) is 19.6 Å².